The van der Waals surface area contributed by atoms with E-state index in [9.17, 15) is 28.8 Å². The molecule has 0 radical (unpaired) electrons. The fourth-order valence-corrected chi connectivity index (χ4v) is 6.18. The number of benzene rings is 4. The molecule has 0 aromatic heterocycles. The summed E-state index contributed by atoms with van der Waals surface area (Å²) in [6, 6.07) is 28.7. The minimum atomic E-state index is -3.26. The zero-order chi connectivity index (χ0) is 44.4. The standard InChI is InChI=1S/C44H48N4O12Si/c1-29(2)39(49)55-23-25-57-41(51)45-35-15-7-31(8-16-35)27-33-11-19-37(20-12-33)47-43(53)59-61(5,6)60-44(54)48-38-21-13-34(14-22-38)28-32-9-17-36(18-10-32)46-42(52)58-26-24-56-40(50)30(3)4/h7-22H,1,3,23-28H2,2,4-6H3,(H,45,51)(H,46,52)(H,47,53)(H,48,54). The molecule has 0 aliphatic carbocycles. The summed E-state index contributed by atoms with van der Waals surface area (Å²) in [6.45, 7) is 12.8. The van der Waals surface area contributed by atoms with Crippen LogP contribution >= 0.6 is 0 Å². The van der Waals surface area contributed by atoms with Gasteiger partial charge >= 0.3 is 44.9 Å². The second kappa shape index (κ2) is 22.7. The van der Waals surface area contributed by atoms with Crippen LogP contribution in [0.4, 0.5) is 41.9 Å². The molecule has 320 valence electrons. The number of hydrogen-bond donors (Lipinski definition) is 4. The Labute approximate surface area is 354 Å². The van der Waals surface area contributed by atoms with Gasteiger partial charge in [0.1, 0.15) is 26.4 Å². The summed E-state index contributed by atoms with van der Waals surface area (Å²) < 4.78 is 30.8. The first-order valence-electron chi connectivity index (χ1n) is 18.9. The van der Waals surface area contributed by atoms with Crippen molar-refractivity contribution in [3.8, 4) is 0 Å². The summed E-state index contributed by atoms with van der Waals surface area (Å²) >= 11 is 0. The number of amides is 4. The van der Waals surface area contributed by atoms with Crippen LogP contribution in [0.2, 0.25) is 13.1 Å². The molecule has 4 aromatic rings. The Balaban J connectivity index is 1.14. The van der Waals surface area contributed by atoms with Gasteiger partial charge in [0, 0.05) is 47.0 Å². The van der Waals surface area contributed by atoms with Gasteiger partial charge in [0.05, 0.1) is 0 Å². The van der Waals surface area contributed by atoms with Crippen LogP contribution < -0.4 is 21.3 Å². The molecule has 17 heteroatoms. The predicted molar refractivity (Wildman–Crippen MR) is 231 cm³/mol. The highest BCUT2D eigenvalue weighted by Gasteiger charge is 2.34. The van der Waals surface area contributed by atoms with Crippen LogP contribution in [0, 0.1) is 0 Å². The quantitative estimate of drug-likeness (QED) is 0.0244. The molecule has 0 aliphatic heterocycles. The van der Waals surface area contributed by atoms with Crippen LogP contribution in [0.5, 0.6) is 0 Å². The maximum absolute atomic E-state index is 12.7. The van der Waals surface area contributed by atoms with E-state index in [4.69, 9.17) is 27.8 Å². The van der Waals surface area contributed by atoms with Crippen molar-refractivity contribution in [2.24, 2.45) is 0 Å². The normalized spacial score (nSPS) is 10.6. The van der Waals surface area contributed by atoms with Gasteiger partial charge in [-0.1, -0.05) is 61.7 Å². The summed E-state index contributed by atoms with van der Waals surface area (Å²) in [5.74, 6) is -1.11. The first-order valence-corrected chi connectivity index (χ1v) is 21.7. The minimum Gasteiger partial charge on any atom is -0.468 e. The van der Waals surface area contributed by atoms with Crippen molar-refractivity contribution in [1.82, 2.24) is 0 Å². The van der Waals surface area contributed by atoms with Crippen molar-refractivity contribution in [2.45, 2.75) is 39.8 Å². The number of nitrogens with one attached hydrogen (secondary N) is 4. The molecule has 0 saturated carbocycles. The van der Waals surface area contributed by atoms with Gasteiger partial charge < -0.3 is 27.8 Å². The number of hydrogen-bond acceptors (Lipinski definition) is 12. The number of anilines is 4. The SMILES string of the molecule is C=C(C)C(=O)OCCOC(=O)Nc1ccc(Cc2ccc(NC(=O)O[Si](C)(C)OC(=O)Nc3ccc(Cc4ccc(NC(=O)OCCOC(=O)C(=C)C)cc4)cc3)cc2)cc1. The van der Waals surface area contributed by atoms with Crippen molar-refractivity contribution >= 4 is 67.6 Å². The van der Waals surface area contributed by atoms with Crippen molar-refractivity contribution in [3.63, 3.8) is 0 Å². The topological polar surface area (TPSA) is 206 Å². The average Bonchev–Trinajstić information content (AvgIpc) is 3.20. The van der Waals surface area contributed by atoms with Crippen LogP contribution in [0.25, 0.3) is 0 Å². The zero-order valence-corrected chi connectivity index (χ0v) is 35.3. The largest absolute Gasteiger partial charge is 0.468 e. The molecule has 4 amide bonds. The van der Waals surface area contributed by atoms with E-state index >= 15 is 0 Å². The maximum Gasteiger partial charge on any atom is 0.460 e. The summed E-state index contributed by atoms with van der Waals surface area (Å²) in [5, 5.41) is 10.5. The molecule has 4 aromatic carbocycles. The molecule has 0 aliphatic rings. The number of ether oxygens (including phenoxy) is 4. The van der Waals surface area contributed by atoms with Gasteiger partial charge in [-0.15, -0.1) is 0 Å². The molecule has 4 N–H and O–H groups in total. The molecule has 61 heavy (non-hydrogen) atoms. The Morgan fingerprint density at radius 3 is 0.934 bits per heavy atom. The third-order valence-electron chi connectivity index (χ3n) is 8.09. The van der Waals surface area contributed by atoms with Crippen LogP contribution in [-0.2, 0) is 50.2 Å². The van der Waals surface area contributed by atoms with Crippen LogP contribution in [0.15, 0.2) is 121 Å². The number of carbonyl (C=O) groups excluding carboxylic acids is 6. The Hall–Kier alpha value is -7.40. The van der Waals surface area contributed by atoms with E-state index in [1.807, 2.05) is 48.5 Å². The Kier molecular flexibility index (Phi) is 17.2. The van der Waals surface area contributed by atoms with Crippen molar-refractivity contribution in [2.75, 3.05) is 47.7 Å². The summed E-state index contributed by atoms with van der Waals surface area (Å²) in [7, 11) is -3.26. The number of esters is 2. The van der Waals surface area contributed by atoms with Crippen LogP contribution in [-0.4, -0.2) is 71.3 Å². The highest BCUT2D eigenvalue weighted by molar-refractivity contribution is 6.68. The Morgan fingerprint density at radius 2 is 0.672 bits per heavy atom. The van der Waals surface area contributed by atoms with Gasteiger partial charge in [0.25, 0.3) is 0 Å². The molecule has 16 nitrogen and oxygen atoms in total. The predicted octanol–water partition coefficient (Wildman–Crippen LogP) is 8.70. The minimum absolute atomic E-state index is 0.0773. The smallest absolute Gasteiger partial charge is 0.460 e. The fourth-order valence-electron chi connectivity index (χ4n) is 5.14. The van der Waals surface area contributed by atoms with Crippen molar-refractivity contribution < 1.29 is 56.6 Å². The third kappa shape index (κ3) is 17.2. The molecular weight excluding hydrogens is 805 g/mol. The van der Waals surface area contributed by atoms with Gasteiger partial charge in [0.2, 0.25) is 0 Å². The first kappa shape index (κ1) is 46.3. The van der Waals surface area contributed by atoms with E-state index in [1.165, 1.54) is 13.8 Å². The van der Waals surface area contributed by atoms with Gasteiger partial charge in [-0.3, -0.25) is 21.3 Å². The van der Waals surface area contributed by atoms with E-state index in [2.05, 4.69) is 34.4 Å². The van der Waals surface area contributed by atoms with Gasteiger partial charge in [-0.25, -0.2) is 28.8 Å². The molecule has 0 fully saturated rings. The lowest BCUT2D eigenvalue weighted by atomic mass is 10.0. The summed E-state index contributed by atoms with van der Waals surface area (Å²) in [4.78, 5) is 72.2. The van der Waals surface area contributed by atoms with Crippen LogP contribution in [0.1, 0.15) is 36.1 Å². The fraction of sp³-hybridized carbons (Fsp3) is 0.227. The lowest BCUT2D eigenvalue weighted by molar-refractivity contribution is -0.140. The lowest BCUT2D eigenvalue weighted by Crippen LogP contribution is -2.42. The summed E-state index contributed by atoms with van der Waals surface area (Å²) in [5.41, 5.74) is 6.43. The monoisotopic (exact) mass is 852 g/mol. The van der Waals surface area contributed by atoms with E-state index in [0.29, 0.717) is 35.6 Å². The molecule has 0 spiro atoms. The molecule has 0 heterocycles. The average molecular weight is 853 g/mol. The van der Waals surface area contributed by atoms with Crippen molar-refractivity contribution in [3.05, 3.63) is 144 Å². The lowest BCUT2D eigenvalue weighted by Gasteiger charge is -2.22. The van der Waals surface area contributed by atoms with E-state index in [1.54, 1.807) is 61.6 Å². The van der Waals surface area contributed by atoms with Gasteiger partial charge in [-0.2, -0.15) is 0 Å². The van der Waals surface area contributed by atoms with Gasteiger partial charge in [-0.05, 0) is 97.5 Å². The van der Waals surface area contributed by atoms with E-state index in [-0.39, 0.29) is 37.6 Å². The number of rotatable bonds is 18. The first-order chi connectivity index (χ1) is 29.0. The molecule has 4 rings (SSSR count). The molecule has 0 bridgehead atoms. The zero-order valence-electron chi connectivity index (χ0n) is 34.3. The van der Waals surface area contributed by atoms with Crippen molar-refractivity contribution in [1.29, 1.82) is 0 Å². The second-order valence-corrected chi connectivity index (χ2v) is 17.1. The van der Waals surface area contributed by atoms with Crippen LogP contribution in [0.3, 0.4) is 0 Å². The third-order valence-corrected chi connectivity index (χ3v) is 9.44. The van der Waals surface area contributed by atoms with E-state index in [0.717, 1.165) is 22.3 Å². The highest BCUT2D eigenvalue weighted by atomic mass is 28.4. The van der Waals surface area contributed by atoms with E-state index < -0.39 is 44.9 Å². The Morgan fingerprint density at radius 1 is 0.426 bits per heavy atom. The second-order valence-electron chi connectivity index (χ2n) is 13.9. The van der Waals surface area contributed by atoms with Gasteiger partial charge in [0.15, 0.2) is 0 Å². The molecular formula is C44H48N4O12Si. The molecule has 0 unspecified atom stereocenters. The molecule has 0 atom stereocenters. The number of carbonyl (C=O) groups is 6. The molecule has 0 saturated heterocycles. The summed E-state index contributed by atoms with van der Waals surface area (Å²) in [6.07, 6.45) is -1.72. The maximum atomic E-state index is 12.7. The highest BCUT2D eigenvalue weighted by Crippen LogP contribution is 2.20. The Bertz CT molecular complexity index is 2040.